The van der Waals surface area contributed by atoms with Gasteiger partial charge in [-0.25, -0.2) is 18.6 Å². The number of carbonyl (C=O) groups excluding carboxylic acids is 1. The number of aromatic nitrogens is 1. The number of hydrogen-bond donors (Lipinski definition) is 3. The van der Waals surface area contributed by atoms with Crippen molar-refractivity contribution in [1.82, 2.24) is 14.8 Å². The number of nitrogens with zero attached hydrogens (tertiary/aromatic N) is 1. The summed E-state index contributed by atoms with van der Waals surface area (Å²) in [7, 11) is -3.73. The first-order valence-corrected chi connectivity index (χ1v) is 10.0. The zero-order valence-corrected chi connectivity index (χ0v) is 16.0. The Hall–Kier alpha value is -2.72. The minimum absolute atomic E-state index is 0.00676. The van der Waals surface area contributed by atoms with E-state index < -0.39 is 15.9 Å². The standard InChI is InChI=1S/C18H16ClN3O5S/c19-14-3-5-15(6-4-14)28(26,27)20-8-10-22-9-7-12-1-2-13(17(23)21-25)11-16(12)18(22)24/h1-7,9,11,20,25H,8,10H2,(H,21,23). The molecule has 0 saturated carbocycles. The third-order valence-electron chi connectivity index (χ3n) is 4.11. The first-order valence-electron chi connectivity index (χ1n) is 8.15. The quantitative estimate of drug-likeness (QED) is 0.414. The molecule has 0 saturated heterocycles. The molecule has 0 aliphatic heterocycles. The molecule has 0 aliphatic rings. The highest BCUT2D eigenvalue weighted by molar-refractivity contribution is 7.89. The predicted molar refractivity (Wildman–Crippen MR) is 104 cm³/mol. The molecular formula is C18H16ClN3O5S. The fourth-order valence-electron chi connectivity index (χ4n) is 2.66. The van der Waals surface area contributed by atoms with Crippen LogP contribution in [0, 0.1) is 0 Å². The van der Waals surface area contributed by atoms with Crippen molar-refractivity contribution in [2.45, 2.75) is 11.4 Å². The molecular weight excluding hydrogens is 406 g/mol. The summed E-state index contributed by atoms with van der Waals surface area (Å²) in [6.45, 7) is 0.0885. The molecule has 146 valence electrons. The molecule has 28 heavy (non-hydrogen) atoms. The van der Waals surface area contributed by atoms with Crippen molar-refractivity contribution < 1.29 is 18.4 Å². The molecule has 0 bridgehead atoms. The molecule has 0 radical (unpaired) electrons. The van der Waals surface area contributed by atoms with Gasteiger partial charge < -0.3 is 4.57 Å². The molecule has 3 aromatic rings. The van der Waals surface area contributed by atoms with Gasteiger partial charge in [-0.2, -0.15) is 0 Å². The number of pyridine rings is 1. The van der Waals surface area contributed by atoms with Crippen LogP contribution in [0.3, 0.4) is 0 Å². The second-order valence-electron chi connectivity index (χ2n) is 5.91. The number of benzene rings is 2. The van der Waals surface area contributed by atoms with E-state index in [0.29, 0.717) is 10.4 Å². The molecule has 0 atom stereocenters. The van der Waals surface area contributed by atoms with Crippen molar-refractivity contribution in [3.05, 3.63) is 75.7 Å². The van der Waals surface area contributed by atoms with E-state index in [9.17, 15) is 18.0 Å². The van der Waals surface area contributed by atoms with Gasteiger partial charge in [-0.3, -0.25) is 14.8 Å². The van der Waals surface area contributed by atoms with Crippen LogP contribution < -0.4 is 15.8 Å². The Balaban J connectivity index is 1.79. The van der Waals surface area contributed by atoms with Crippen molar-refractivity contribution in [2.75, 3.05) is 6.54 Å². The zero-order chi connectivity index (χ0) is 20.3. The Kier molecular flexibility index (Phi) is 5.80. The van der Waals surface area contributed by atoms with Gasteiger partial charge >= 0.3 is 0 Å². The molecule has 1 heterocycles. The van der Waals surface area contributed by atoms with Crippen molar-refractivity contribution in [2.24, 2.45) is 0 Å². The first kappa shape index (κ1) is 20.0. The average molecular weight is 422 g/mol. The highest BCUT2D eigenvalue weighted by Gasteiger charge is 2.14. The molecule has 0 aliphatic carbocycles. The summed E-state index contributed by atoms with van der Waals surface area (Å²) in [5.41, 5.74) is 1.27. The van der Waals surface area contributed by atoms with Gasteiger partial charge in [0.2, 0.25) is 10.0 Å². The molecule has 1 amide bonds. The number of fused-ring (bicyclic) bond motifs is 1. The van der Waals surface area contributed by atoms with E-state index in [-0.39, 0.29) is 34.5 Å². The maximum atomic E-state index is 12.6. The van der Waals surface area contributed by atoms with Crippen LogP contribution in [0.1, 0.15) is 10.4 Å². The van der Waals surface area contributed by atoms with Gasteiger partial charge in [-0.05, 0) is 47.9 Å². The highest BCUT2D eigenvalue weighted by Crippen LogP contribution is 2.14. The number of sulfonamides is 1. The largest absolute Gasteiger partial charge is 0.314 e. The molecule has 0 spiro atoms. The summed E-state index contributed by atoms with van der Waals surface area (Å²) >= 11 is 5.76. The lowest BCUT2D eigenvalue weighted by molar-refractivity contribution is 0.0706. The van der Waals surface area contributed by atoms with E-state index in [1.807, 2.05) is 0 Å². The first-order chi connectivity index (χ1) is 13.3. The van der Waals surface area contributed by atoms with Crippen molar-refractivity contribution in [3.63, 3.8) is 0 Å². The van der Waals surface area contributed by atoms with Crippen molar-refractivity contribution in [1.29, 1.82) is 0 Å². The Morgan fingerprint density at radius 2 is 1.82 bits per heavy atom. The van der Waals surface area contributed by atoms with Crippen LogP contribution in [-0.4, -0.2) is 30.6 Å². The fourth-order valence-corrected chi connectivity index (χ4v) is 3.81. The third kappa shape index (κ3) is 4.23. The minimum atomic E-state index is -3.73. The van der Waals surface area contributed by atoms with Crippen molar-refractivity contribution in [3.8, 4) is 0 Å². The lowest BCUT2D eigenvalue weighted by Crippen LogP contribution is -2.30. The molecule has 8 nitrogen and oxygen atoms in total. The van der Waals surface area contributed by atoms with Gasteiger partial charge in [0, 0.05) is 35.3 Å². The Morgan fingerprint density at radius 1 is 1.11 bits per heavy atom. The van der Waals surface area contributed by atoms with Crippen LogP contribution in [0.15, 0.2) is 64.4 Å². The van der Waals surface area contributed by atoms with E-state index >= 15 is 0 Å². The smallest absolute Gasteiger partial charge is 0.274 e. The number of amides is 1. The monoisotopic (exact) mass is 421 g/mol. The van der Waals surface area contributed by atoms with E-state index in [1.54, 1.807) is 18.3 Å². The predicted octanol–water partition coefficient (Wildman–Crippen LogP) is 1.75. The average Bonchev–Trinajstić information content (AvgIpc) is 2.69. The van der Waals surface area contributed by atoms with Crippen LogP contribution in [0.4, 0.5) is 0 Å². The maximum absolute atomic E-state index is 12.6. The van der Waals surface area contributed by atoms with E-state index in [2.05, 4.69) is 4.72 Å². The van der Waals surface area contributed by atoms with Crippen LogP contribution in [0.25, 0.3) is 10.8 Å². The highest BCUT2D eigenvalue weighted by atomic mass is 35.5. The molecule has 0 unspecified atom stereocenters. The van der Waals surface area contributed by atoms with Gasteiger partial charge in [-0.15, -0.1) is 0 Å². The van der Waals surface area contributed by atoms with Gasteiger partial charge in [0.15, 0.2) is 0 Å². The summed E-state index contributed by atoms with van der Waals surface area (Å²) in [6, 6.07) is 11.9. The van der Waals surface area contributed by atoms with Gasteiger partial charge in [0.05, 0.1) is 4.90 Å². The van der Waals surface area contributed by atoms with E-state index in [4.69, 9.17) is 16.8 Å². The molecule has 2 aromatic carbocycles. The third-order valence-corrected chi connectivity index (χ3v) is 5.84. The second kappa shape index (κ2) is 8.11. The van der Waals surface area contributed by atoms with Gasteiger partial charge in [-0.1, -0.05) is 17.7 Å². The van der Waals surface area contributed by atoms with Crippen LogP contribution in [0.2, 0.25) is 5.02 Å². The normalized spacial score (nSPS) is 11.5. The van der Waals surface area contributed by atoms with Gasteiger partial charge in [0.1, 0.15) is 0 Å². The molecule has 1 aromatic heterocycles. The lowest BCUT2D eigenvalue weighted by atomic mass is 10.1. The second-order valence-corrected chi connectivity index (χ2v) is 8.11. The molecule has 10 heteroatoms. The molecule has 3 rings (SSSR count). The fraction of sp³-hybridized carbons (Fsp3) is 0.111. The SMILES string of the molecule is O=C(NO)c1ccc2ccn(CCNS(=O)(=O)c3ccc(Cl)cc3)c(=O)c2c1. The zero-order valence-electron chi connectivity index (χ0n) is 14.4. The Labute approximate surface area is 165 Å². The van der Waals surface area contributed by atoms with Gasteiger partial charge in [0.25, 0.3) is 11.5 Å². The van der Waals surface area contributed by atoms with Crippen LogP contribution in [0.5, 0.6) is 0 Å². The van der Waals surface area contributed by atoms with Crippen LogP contribution >= 0.6 is 11.6 Å². The molecule has 0 fully saturated rings. The summed E-state index contributed by atoms with van der Waals surface area (Å²) in [5.74, 6) is -0.729. The number of hydrogen-bond acceptors (Lipinski definition) is 5. The lowest BCUT2D eigenvalue weighted by Gasteiger charge is -2.10. The minimum Gasteiger partial charge on any atom is -0.314 e. The van der Waals surface area contributed by atoms with Crippen LogP contribution in [-0.2, 0) is 16.6 Å². The maximum Gasteiger partial charge on any atom is 0.274 e. The summed E-state index contributed by atoms with van der Waals surface area (Å²) in [5, 5.41) is 10.1. The summed E-state index contributed by atoms with van der Waals surface area (Å²) < 4.78 is 28.3. The summed E-state index contributed by atoms with van der Waals surface area (Å²) in [4.78, 5) is 24.2. The number of rotatable bonds is 6. The Morgan fingerprint density at radius 3 is 2.50 bits per heavy atom. The number of carbonyl (C=O) groups is 1. The topological polar surface area (TPSA) is 117 Å². The number of halogens is 1. The van der Waals surface area contributed by atoms with Crippen molar-refractivity contribution >= 4 is 38.3 Å². The number of nitrogens with one attached hydrogen (secondary N) is 2. The number of hydroxylamine groups is 1. The van der Waals surface area contributed by atoms with E-state index in [1.165, 1.54) is 46.4 Å². The van der Waals surface area contributed by atoms with E-state index in [0.717, 1.165) is 0 Å². The summed E-state index contributed by atoms with van der Waals surface area (Å²) in [6.07, 6.45) is 1.55. The molecule has 3 N–H and O–H groups in total. The Bertz CT molecular complexity index is 1190.